The van der Waals surface area contributed by atoms with E-state index in [1.54, 1.807) is 0 Å². The molecular weight excluding hydrogens is 226 g/mol. The van der Waals surface area contributed by atoms with E-state index in [0.29, 0.717) is 6.54 Å². The van der Waals surface area contributed by atoms with Gasteiger partial charge in [0.15, 0.2) is 0 Å². The van der Waals surface area contributed by atoms with E-state index in [1.165, 1.54) is 19.3 Å². The van der Waals surface area contributed by atoms with Crippen LogP contribution in [0.1, 0.15) is 38.5 Å². The molecule has 18 heavy (non-hydrogen) atoms. The van der Waals surface area contributed by atoms with Gasteiger partial charge in [0, 0.05) is 25.7 Å². The van der Waals surface area contributed by atoms with Crippen molar-refractivity contribution in [3.8, 4) is 0 Å². The summed E-state index contributed by atoms with van der Waals surface area (Å²) in [5.41, 5.74) is 5.80. The summed E-state index contributed by atoms with van der Waals surface area (Å²) in [6.07, 6.45) is 6.78. The standard InChI is InChI=1S/C14H27N3O/c1-16(2)14(8-5-9-14)11-17(3)12(18)13(10-15)6-4-7-13/h4-11,15H2,1-3H3. The normalized spacial score (nSPS) is 24.3. The minimum Gasteiger partial charge on any atom is -0.343 e. The van der Waals surface area contributed by atoms with E-state index in [2.05, 4.69) is 19.0 Å². The lowest BCUT2D eigenvalue weighted by atomic mass is 9.67. The summed E-state index contributed by atoms with van der Waals surface area (Å²) >= 11 is 0. The van der Waals surface area contributed by atoms with Crippen LogP contribution in [0.3, 0.4) is 0 Å². The number of carbonyl (C=O) groups excluding carboxylic acids is 1. The van der Waals surface area contributed by atoms with Gasteiger partial charge >= 0.3 is 0 Å². The SMILES string of the molecule is CN(CC1(N(C)C)CCC1)C(=O)C1(CN)CCC1. The molecule has 2 saturated carbocycles. The molecule has 0 atom stereocenters. The third-order valence-corrected chi connectivity index (χ3v) is 5.27. The lowest BCUT2D eigenvalue weighted by Gasteiger charge is -2.51. The topological polar surface area (TPSA) is 49.6 Å². The van der Waals surface area contributed by atoms with Gasteiger partial charge < -0.3 is 15.5 Å². The van der Waals surface area contributed by atoms with Crippen molar-refractivity contribution in [2.45, 2.75) is 44.1 Å². The first-order chi connectivity index (χ1) is 8.46. The Labute approximate surface area is 110 Å². The fraction of sp³-hybridized carbons (Fsp3) is 0.929. The van der Waals surface area contributed by atoms with Crippen molar-refractivity contribution in [2.75, 3.05) is 34.2 Å². The van der Waals surface area contributed by atoms with Crippen LogP contribution in [0, 0.1) is 5.41 Å². The smallest absolute Gasteiger partial charge is 0.229 e. The summed E-state index contributed by atoms with van der Waals surface area (Å²) < 4.78 is 0. The zero-order chi connectivity index (χ0) is 13.4. The van der Waals surface area contributed by atoms with Crippen molar-refractivity contribution < 1.29 is 4.79 Å². The summed E-state index contributed by atoms with van der Waals surface area (Å²) in [5, 5.41) is 0. The van der Waals surface area contributed by atoms with Crippen LogP contribution in [0.2, 0.25) is 0 Å². The highest BCUT2D eigenvalue weighted by Gasteiger charge is 2.47. The zero-order valence-corrected chi connectivity index (χ0v) is 12.0. The van der Waals surface area contributed by atoms with E-state index >= 15 is 0 Å². The van der Waals surface area contributed by atoms with Gasteiger partial charge in [-0.2, -0.15) is 0 Å². The van der Waals surface area contributed by atoms with Gasteiger partial charge in [-0.05, 0) is 46.2 Å². The van der Waals surface area contributed by atoms with E-state index in [4.69, 9.17) is 5.73 Å². The quantitative estimate of drug-likeness (QED) is 0.797. The molecule has 1 amide bonds. The molecule has 0 aromatic heterocycles. The Bertz CT molecular complexity index is 313. The maximum absolute atomic E-state index is 12.5. The average Bonchev–Trinajstić information content (AvgIpc) is 2.21. The van der Waals surface area contributed by atoms with E-state index in [9.17, 15) is 4.79 Å². The lowest BCUT2D eigenvalue weighted by molar-refractivity contribution is -0.148. The molecule has 4 nitrogen and oxygen atoms in total. The van der Waals surface area contributed by atoms with Gasteiger partial charge in [-0.3, -0.25) is 4.79 Å². The van der Waals surface area contributed by atoms with Gasteiger partial charge in [0.1, 0.15) is 0 Å². The Hall–Kier alpha value is -0.610. The molecule has 2 N–H and O–H groups in total. The summed E-state index contributed by atoms with van der Waals surface area (Å²) in [5.74, 6) is 0.268. The molecule has 104 valence electrons. The molecule has 0 aromatic carbocycles. The van der Waals surface area contributed by atoms with Gasteiger partial charge in [-0.1, -0.05) is 6.42 Å². The van der Waals surface area contributed by atoms with Crippen molar-refractivity contribution in [2.24, 2.45) is 11.1 Å². The predicted octanol–water partition coefficient (Wildman–Crippen LogP) is 1.06. The molecule has 0 saturated heterocycles. The molecule has 0 bridgehead atoms. The van der Waals surface area contributed by atoms with Crippen LogP contribution in [0.15, 0.2) is 0 Å². The van der Waals surface area contributed by atoms with Crippen molar-refractivity contribution >= 4 is 5.91 Å². The highest BCUT2D eigenvalue weighted by atomic mass is 16.2. The molecule has 2 aliphatic carbocycles. The summed E-state index contributed by atoms with van der Waals surface area (Å²) in [7, 11) is 6.20. The van der Waals surface area contributed by atoms with Gasteiger partial charge in [-0.25, -0.2) is 0 Å². The minimum absolute atomic E-state index is 0.212. The Morgan fingerprint density at radius 2 is 1.67 bits per heavy atom. The molecule has 2 fully saturated rings. The first-order valence-electron chi connectivity index (χ1n) is 7.09. The van der Waals surface area contributed by atoms with Gasteiger partial charge in [0.25, 0.3) is 0 Å². The number of likely N-dealkylation sites (N-methyl/N-ethyl adjacent to an activating group) is 2. The second-order valence-electron chi connectivity index (χ2n) is 6.47. The number of carbonyl (C=O) groups is 1. The summed E-state index contributed by atoms with van der Waals surface area (Å²) in [6.45, 7) is 1.35. The lowest BCUT2D eigenvalue weighted by Crippen LogP contribution is -2.60. The third-order valence-electron chi connectivity index (χ3n) is 5.27. The highest BCUT2D eigenvalue weighted by Crippen LogP contribution is 2.43. The fourth-order valence-corrected chi connectivity index (χ4v) is 3.36. The van der Waals surface area contributed by atoms with Crippen LogP contribution in [0.5, 0.6) is 0 Å². The molecular formula is C14H27N3O. The van der Waals surface area contributed by atoms with Crippen molar-refractivity contribution in [3.05, 3.63) is 0 Å². The zero-order valence-electron chi connectivity index (χ0n) is 12.0. The molecule has 0 aromatic rings. The fourth-order valence-electron chi connectivity index (χ4n) is 3.36. The van der Waals surface area contributed by atoms with E-state index in [0.717, 1.165) is 25.8 Å². The number of nitrogens with zero attached hydrogens (tertiary/aromatic N) is 2. The van der Waals surface area contributed by atoms with E-state index in [-0.39, 0.29) is 16.9 Å². The monoisotopic (exact) mass is 253 g/mol. The number of rotatable bonds is 5. The van der Waals surface area contributed by atoms with Crippen LogP contribution in [-0.4, -0.2) is 55.5 Å². The van der Waals surface area contributed by atoms with Crippen LogP contribution in [-0.2, 0) is 4.79 Å². The maximum Gasteiger partial charge on any atom is 0.229 e. The first kappa shape index (κ1) is 13.8. The molecule has 2 rings (SSSR count). The molecule has 0 radical (unpaired) electrons. The summed E-state index contributed by atoms with van der Waals surface area (Å²) in [4.78, 5) is 16.8. The molecule has 4 heteroatoms. The summed E-state index contributed by atoms with van der Waals surface area (Å²) in [6, 6.07) is 0. The molecule has 2 aliphatic rings. The number of nitrogens with two attached hydrogens (primary N) is 1. The van der Waals surface area contributed by atoms with Crippen molar-refractivity contribution in [1.29, 1.82) is 0 Å². The number of amides is 1. The number of hydrogen-bond donors (Lipinski definition) is 1. The Morgan fingerprint density at radius 3 is 1.94 bits per heavy atom. The first-order valence-corrected chi connectivity index (χ1v) is 7.09. The van der Waals surface area contributed by atoms with Crippen LogP contribution in [0.4, 0.5) is 0 Å². The number of hydrogen-bond acceptors (Lipinski definition) is 3. The van der Waals surface area contributed by atoms with Crippen LogP contribution < -0.4 is 5.73 Å². The predicted molar refractivity (Wildman–Crippen MR) is 73.2 cm³/mol. The largest absolute Gasteiger partial charge is 0.343 e. The molecule has 0 heterocycles. The Balaban J connectivity index is 1.99. The molecule has 0 aliphatic heterocycles. The second-order valence-corrected chi connectivity index (χ2v) is 6.47. The van der Waals surface area contributed by atoms with E-state index < -0.39 is 0 Å². The van der Waals surface area contributed by atoms with Gasteiger partial charge in [0.2, 0.25) is 5.91 Å². The Kier molecular flexibility index (Phi) is 3.70. The van der Waals surface area contributed by atoms with Crippen molar-refractivity contribution in [1.82, 2.24) is 9.80 Å². The van der Waals surface area contributed by atoms with Gasteiger partial charge in [0.05, 0.1) is 5.41 Å². The minimum atomic E-state index is -0.230. The van der Waals surface area contributed by atoms with Gasteiger partial charge in [-0.15, -0.1) is 0 Å². The van der Waals surface area contributed by atoms with Crippen molar-refractivity contribution in [3.63, 3.8) is 0 Å². The van der Waals surface area contributed by atoms with Crippen LogP contribution in [0.25, 0.3) is 0 Å². The van der Waals surface area contributed by atoms with Crippen LogP contribution >= 0.6 is 0 Å². The second kappa shape index (κ2) is 4.82. The third kappa shape index (κ3) is 2.05. The molecule has 0 spiro atoms. The van der Waals surface area contributed by atoms with E-state index in [1.807, 2.05) is 11.9 Å². The molecule has 0 unspecified atom stereocenters. The highest BCUT2D eigenvalue weighted by molar-refractivity contribution is 5.83. The Morgan fingerprint density at radius 1 is 1.11 bits per heavy atom. The maximum atomic E-state index is 12.5. The average molecular weight is 253 g/mol.